The molecular formula is C12H25FN2. The number of nitrogens with two attached hydrogens (primary N) is 1. The molecule has 0 aliphatic carbocycles. The van der Waals surface area contributed by atoms with Crippen LogP contribution >= 0.6 is 0 Å². The standard InChI is InChI=1S/C12H25FN2/c1-3-6-12(13,9-14)11-8-10(4-2)5-7-15-11/h10-11,15H,3-9,14H2,1-2H3. The smallest absolute Gasteiger partial charge is 0.138 e. The molecule has 0 aromatic rings. The van der Waals surface area contributed by atoms with Crippen LogP contribution in [0.15, 0.2) is 0 Å². The first-order valence-corrected chi connectivity index (χ1v) is 6.28. The summed E-state index contributed by atoms with van der Waals surface area (Å²) in [4.78, 5) is 0. The average Bonchev–Trinajstić information content (AvgIpc) is 2.29. The monoisotopic (exact) mass is 216 g/mol. The van der Waals surface area contributed by atoms with Crippen molar-refractivity contribution in [2.75, 3.05) is 13.1 Å². The second-order valence-electron chi connectivity index (χ2n) is 4.79. The Balaban J connectivity index is 2.58. The molecule has 3 atom stereocenters. The second-order valence-corrected chi connectivity index (χ2v) is 4.79. The molecule has 1 heterocycles. The Morgan fingerprint density at radius 1 is 1.47 bits per heavy atom. The first kappa shape index (κ1) is 12.9. The van der Waals surface area contributed by atoms with Crippen molar-refractivity contribution in [3.8, 4) is 0 Å². The lowest BCUT2D eigenvalue weighted by atomic mass is 9.80. The highest BCUT2D eigenvalue weighted by molar-refractivity contribution is 4.96. The molecule has 2 nitrogen and oxygen atoms in total. The Morgan fingerprint density at radius 2 is 2.20 bits per heavy atom. The summed E-state index contributed by atoms with van der Waals surface area (Å²) in [5.74, 6) is 0.676. The fourth-order valence-electron chi connectivity index (χ4n) is 2.60. The number of alkyl halides is 1. The Morgan fingerprint density at radius 3 is 2.73 bits per heavy atom. The van der Waals surface area contributed by atoms with Crippen LogP contribution in [-0.2, 0) is 0 Å². The summed E-state index contributed by atoms with van der Waals surface area (Å²) in [5, 5.41) is 3.30. The van der Waals surface area contributed by atoms with Crippen LogP contribution < -0.4 is 11.1 Å². The molecule has 0 saturated carbocycles. The van der Waals surface area contributed by atoms with Crippen molar-refractivity contribution in [1.82, 2.24) is 5.32 Å². The predicted octanol–water partition coefficient (Wildman–Crippen LogP) is 2.23. The Bertz CT molecular complexity index is 186. The van der Waals surface area contributed by atoms with E-state index in [2.05, 4.69) is 12.2 Å². The minimum atomic E-state index is -1.19. The zero-order valence-corrected chi connectivity index (χ0v) is 10.1. The van der Waals surface area contributed by atoms with Gasteiger partial charge in [-0.2, -0.15) is 0 Å². The van der Waals surface area contributed by atoms with Crippen LogP contribution in [0.3, 0.4) is 0 Å². The molecule has 0 aromatic carbocycles. The van der Waals surface area contributed by atoms with Gasteiger partial charge in [-0.3, -0.25) is 0 Å². The van der Waals surface area contributed by atoms with E-state index in [-0.39, 0.29) is 12.6 Å². The van der Waals surface area contributed by atoms with E-state index in [1.807, 2.05) is 6.92 Å². The van der Waals surface area contributed by atoms with E-state index < -0.39 is 5.67 Å². The molecule has 3 heteroatoms. The summed E-state index contributed by atoms with van der Waals surface area (Å²) in [5.41, 5.74) is 4.40. The highest BCUT2D eigenvalue weighted by Crippen LogP contribution is 2.30. The minimum Gasteiger partial charge on any atom is -0.327 e. The molecule has 0 bridgehead atoms. The van der Waals surface area contributed by atoms with Gasteiger partial charge in [0.2, 0.25) is 0 Å². The van der Waals surface area contributed by atoms with Gasteiger partial charge in [-0.05, 0) is 31.7 Å². The van der Waals surface area contributed by atoms with Crippen LogP contribution in [0.1, 0.15) is 46.0 Å². The number of piperidine rings is 1. The van der Waals surface area contributed by atoms with Gasteiger partial charge in [-0.1, -0.05) is 26.7 Å². The average molecular weight is 216 g/mol. The first-order valence-electron chi connectivity index (χ1n) is 6.28. The zero-order valence-electron chi connectivity index (χ0n) is 10.1. The van der Waals surface area contributed by atoms with Crippen molar-refractivity contribution in [1.29, 1.82) is 0 Å². The maximum atomic E-state index is 14.5. The number of nitrogens with one attached hydrogen (secondary N) is 1. The number of hydrogen-bond acceptors (Lipinski definition) is 2. The van der Waals surface area contributed by atoms with E-state index in [9.17, 15) is 4.39 Å². The van der Waals surface area contributed by atoms with E-state index in [4.69, 9.17) is 5.73 Å². The van der Waals surface area contributed by atoms with Gasteiger partial charge in [-0.15, -0.1) is 0 Å². The Kier molecular flexibility index (Phi) is 5.00. The van der Waals surface area contributed by atoms with E-state index in [0.717, 1.165) is 25.8 Å². The highest BCUT2D eigenvalue weighted by atomic mass is 19.1. The fourth-order valence-corrected chi connectivity index (χ4v) is 2.60. The van der Waals surface area contributed by atoms with Crippen LogP contribution in [0, 0.1) is 5.92 Å². The van der Waals surface area contributed by atoms with Crippen LogP contribution in [0.5, 0.6) is 0 Å². The van der Waals surface area contributed by atoms with Gasteiger partial charge in [0.25, 0.3) is 0 Å². The zero-order chi connectivity index (χ0) is 11.3. The quantitative estimate of drug-likeness (QED) is 0.739. The molecule has 1 saturated heterocycles. The molecule has 1 fully saturated rings. The normalized spacial score (nSPS) is 31.2. The molecule has 0 spiro atoms. The molecule has 3 unspecified atom stereocenters. The Hall–Kier alpha value is -0.150. The van der Waals surface area contributed by atoms with Crippen LogP contribution in [0.25, 0.3) is 0 Å². The van der Waals surface area contributed by atoms with Crippen molar-refractivity contribution in [2.45, 2.75) is 57.7 Å². The van der Waals surface area contributed by atoms with E-state index in [1.165, 1.54) is 6.42 Å². The number of halogens is 1. The van der Waals surface area contributed by atoms with E-state index in [0.29, 0.717) is 12.3 Å². The van der Waals surface area contributed by atoms with Crippen molar-refractivity contribution < 1.29 is 4.39 Å². The molecule has 3 N–H and O–H groups in total. The lowest BCUT2D eigenvalue weighted by Gasteiger charge is -2.39. The minimum absolute atomic E-state index is 0.0267. The van der Waals surface area contributed by atoms with Gasteiger partial charge in [0.05, 0.1) is 0 Å². The number of hydrogen-bond donors (Lipinski definition) is 2. The summed E-state index contributed by atoms with van der Waals surface area (Å²) in [6.45, 7) is 5.30. The van der Waals surface area contributed by atoms with Crippen LogP contribution in [0.4, 0.5) is 4.39 Å². The van der Waals surface area contributed by atoms with E-state index in [1.54, 1.807) is 0 Å². The van der Waals surface area contributed by atoms with Gasteiger partial charge in [0, 0.05) is 12.6 Å². The topological polar surface area (TPSA) is 38.0 Å². The summed E-state index contributed by atoms with van der Waals surface area (Å²) in [6, 6.07) is -0.0267. The predicted molar refractivity (Wildman–Crippen MR) is 62.6 cm³/mol. The van der Waals surface area contributed by atoms with Crippen molar-refractivity contribution in [2.24, 2.45) is 11.7 Å². The van der Waals surface area contributed by atoms with Gasteiger partial charge in [0.1, 0.15) is 5.67 Å². The third kappa shape index (κ3) is 3.15. The van der Waals surface area contributed by atoms with Gasteiger partial charge in [-0.25, -0.2) is 4.39 Å². The number of rotatable bonds is 5. The fraction of sp³-hybridized carbons (Fsp3) is 1.00. The summed E-state index contributed by atoms with van der Waals surface area (Å²) in [6.07, 6.45) is 4.73. The van der Waals surface area contributed by atoms with Crippen molar-refractivity contribution in [3.05, 3.63) is 0 Å². The van der Waals surface area contributed by atoms with Crippen LogP contribution in [-0.4, -0.2) is 24.8 Å². The first-order chi connectivity index (χ1) is 7.16. The molecule has 0 radical (unpaired) electrons. The van der Waals surface area contributed by atoms with Crippen molar-refractivity contribution >= 4 is 0 Å². The molecule has 90 valence electrons. The Labute approximate surface area is 92.8 Å². The largest absolute Gasteiger partial charge is 0.327 e. The SMILES string of the molecule is CCCC(F)(CN)C1CC(CC)CCN1. The van der Waals surface area contributed by atoms with Gasteiger partial charge < -0.3 is 11.1 Å². The molecule has 1 aliphatic rings. The third-order valence-electron chi connectivity index (χ3n) is 3.72. The molecule has 15 heavy (non-hydrogen) atoms. The maximum Gasteiger partial charge on any atom is 0.138 e. The van der Waals surface area contributed by atoms with Crippen molar-refractivity contribution in [3.63, 3.8) is 0 Å². The third-order valence-corrected chi connectivity index (χ3v) is 3.72. The lowest BCUT2D eigenvalue weighted by Crippen LogP contribution is -2.55. The summed E-state index contributed by atoms with van der Waals surface area (Å²) >= 11 is 0. The lowest BCUT2D eigenvalue weighted by molar-refractivity contribution is 0.0713. The van der Waals surface area contributed by atoms with E-state index >= 15 is 0 Å². The summed E-state index contributed by atoms with van der Waals surface area (Å²) in [7, 11) is 0. The summed E-state index contributed by atoms with van der Waals surface area (Å²) < 4.78 is 14.5. The molecule has 0 aromatic heterocycles. The molecular weight excluding hydrogens is 191 g/mol. The van der Waals surface area contributed by atoms with Crippen LogP contribution in [0.2, 0.25) is 0 Å². The molecule has 0 amide bonds. The van der Waals surface area contributed by atoms with Gasteiger partial charge >= 0.3 is 0 Å². The highest BCUT2D eigenvalue weighted by Gasteiger charge is 2.39. The second kappa shape index (κ2) is 5.80. The maximum absolute atomic E-state index is 14.5. The van der Waals surface area contributed by atoms with Gasteiger partial charge in [0.15, 0.2) is 0 Å². The molecule has 1 rings (SSSR count). The molecule has 1 aliphatic heterocycles.